The van der Waals surface area contributed by atoms with Crippen LogP contribution >= 0.6 is 0 Å². The number of aliphatic hydroxyl groups excluding tert-OH is 1. The molecule has 1 rings (SSSR count). The van der Waals surface area contributed by atoms with Gasteiger partial charge in [-0.3, -0.25) is 4.79 Å². The maximum absolute atomic E-state index is 13.9. The Morgan fingerprint density at radius 3 is 2.41 bits per heavy atom. The van der Waals surface area contributed by atoms with E-state index in [0.29, 0.717) is 0 Å². The fourth-order valence-corrected chi connectivity index (χ4v) is 1.73. The Morgan fingerprint density at radius 2 is 1.94 bits per heavy atom. The molecule has 0 aromatic heterocycles. The van der Waals surface area contributed by atoms with Crippen molar-refractivity contribution < 1.29 is 33.2 Å². The van der Waals surface area contributed by atoms with Crippen LogP contribution in [0.4, 0.5) is 4.39 Å². The molecule has 0 aliphatic carbocycles. The first-order valence-electron chi connectivity index (χ1n) is 5.17. The molecule has 1 heterocycles. The van der Waals surface area contributed by atoms with Crippen LogP contribution in [0.15, 0.2) is 0 Å². The van der Waals surface area contributed by atoms with E-state index in [1.165, 1.54) is 21.1 Å². The molecule has 6 nitrogen and oxygen atoms in total. The maximum Gasteiger partial charge on any atom is 0.302 e. The van der Waals surface area contributed by atoms with Gasteiger partial charge in [-0.2, -0.15) is 0 Å². The van der Waals surface area contributed by atoms with E-state index < -0.39 is 36.7 Å². The summed E-state index contributed by atoms with van der Waals surface area (Å²) in [6.45, 7) is 0.933. The summed E-state index contributed by atoms with van der Waals surface area (Å²) < 4.78 is 33.4. The van der Waals surface area contributed by atoms with Gasteiger partial charge in [0.05, 0.1) is 0 Å². The van der Waals surface area contributed by atoms with E-state index in [1.807, 2.05) is 0 Å². The van der Waals surface area contributed by atoms with Gasteiger partial charge in [-0.1, -0.05) is 0 Å². The molecule has 0 radical (unpaired) electrons. The van der Waals surface area contributed by atoms with Crippen LogP contribution in [0.1, 0.15) is 6.92 Å². The van der Waals surface area contributed by atoms with Crippen molar-refractivity contribution >= 4 is 5.97 Å². The highest BCUT2D eigenvalue weighted by atomic mass is 19.1. The number of hydrogen-bond donors (Lipinski definition) is 1. The lowest BCUT2D eigenvalue weighted by atomic mass is 10.0. The second kappa shape index (κ2) is 6.25. The number of ether oxygens (including phenoxy) is 4. The second-order valence-electron chi connectivity index (χ2n) is 3.71. The van der Waals surface area contributed by atoms with E-state index in [-0.39, 0.29) is 6.61 Å². The number of esters is 1. The molecule has 1 aliphatic rings. The highest BCUT2D eigenvalue weighted by Crippen LogP contribution is 2.26. The summed E-state index contributed by atoms with van der Waals surface area (Å²) in [6.07, 6.45) is -5.82. The van der Waals surface area contributed by atoms with Crippen molar-refractivity contribution in [1.29, 1.82) is 0 Å². The second-order valence-corrected chi connectivity index (χ2v) is 3.71. The van der Waals surface area contributed by atoms with E-state index in [9.17, 15) is 14.3 Å². The molecule has 17 heavy (non-hydrogen) atoms. The van der Waals surface area contributed by atoms with Gasteiger partial charge in [-0.05, 0) is 0 Å². The molecule has 5 atom stereocenters. The summed E-state index contributed by atoms with van der Waals surface area (Å²) in [6, 6.07) is 0. The van der Waals surface area contributed by atoms with E-state index in [0.717, 1.165) is 0 Å². The van der Waals surface area contributed by atoms with Gasteiger partial charge in [0.15, 0.2) is 12.5 Å². The molecule has 0 spiro atoms. The van der Waals surface area contributed by atoms with Gasteiger partial charge >= 0.3 is 5.97 Å². The van der Waals surface area contributed by atoms with E-state index in [4.69, 9.17) is 14.2 Å². The summed E-state index contributed by atoms with van der Waals surface area (Å²) in [7, 11) is 2.63. The summed E-state index contributed by atoms with van der Waals surface area (Å²) in [4.78, 5) is 10.6. The average Bonchev–Trinajstić information content (AvgIpc) is 2.28. The molecule has 0 aromatic carbocycles. The molecule has 0 unspecified atom stereocenters. The normalized spacial score (nSPS) is 37.8. The maximum atomic E-state index is 13.9. The molecule has 1 saturated heterocycles. The standard InChI is InChI=1S/C10H17FO6/c1-5(12)16-4-6-7(11)8(14-2)9(15-3)10(13)17-6/h6-10,13H,4H2,1-3H3/t6-,7-,8+,9-,10+/m1/s1. The third kappa shape index (κ3) is 3.35. The first kappa shape index (κ1) is 14.3. The van der Waals surface area contributed by atoms with Crippen molar-refractivity contribution in [2.75, 3.05) is 20.8 Å². The highest BCUT2D eigenvalue weighted by Gasteiger charge is 2.46. The number of rotatable bonds is 4. The van der Waals surface area contributed by atoms with Crippen LogP contribution in [0.5, 0.6) is 0 Å². The summed E-state index contributed by atoms with van der Waals surface area (Å²) in [5.74, 6) is -0.543. The molecular weight excluding hydrogens is 235 g/mol. The molecule has 0 aromatic rings. The largest absolute Gasteiger partial charge is 0.463 e. The minimum Gasteiger partial charge on any atom is -0.463 e. The number of halogens is 1. The quantitative estimate of drug-likeness (QED) is 0.688. The summed E-state index contributed by atoms with van der Waals surface area (Å²) >= 11 is 0. The van der Waals surface area contributed by atoms with Crippen LogP contribution in [0.2, 0.25) is 0 Å². The Morgan fingerprint density at radius 1 is 1.35 bits per heavy atom. The molecular formula is C10H17FO6. The third-order valence-electron chi connectivity index (χ3n) is 2.58. The van der Waals surface area contributed by atoms with Gasteiger partial charge < -0.3 is 24.1 Å². The lowest BCUT2D eigenvalue weighted by Crippen LogP contribution is -2.58. The number of carbonyl (C=O) groups is 1. The minimum atomic E-state index is -1.55. The van der Waals surface area contributed by atoms with Gasteiger partial charge in [-0.15, -0.1) is 0 Å². The first-order chi connectivity index (χ1) is 8.01. The zero-order chi connectivity index (χ0) is 13.0. The van der Waals surface area contributed by atoms with Crippen molar-refractivity contribution in [3.63, 3.8) is 0 Å². The van der Waals surface area contributed by atoms with Crippen LogP contribution in [-0.4, -0.2) is 62.7 Å². The first-order valence-corrected chi connectivity index (χ1v) is 5.17. The van der Waals surface area contributed by atoms with Crippen molar-refractivity contribution in [1.82, 2.24) is 0 Å². The smallest absolute Gasteiger partial charge is 0.302 e. The van der Waals surface area contributed by atoms with Crippen molar-refractivity contribution in [3.05, 3.63) is 0 Å². The summed E-state index contributed by atoms with van der Waals surface area (Å²) in [5.41, 5.74) is 0. The number of alkyl halides is 1. The van der Waals surface area contributed by atoms with Gasteiger partial charge in [0, 0.05) is 21.1 Å². The third-order valence-corrected chi connectivity index (χ3v) is 2.58. The van der Waals surface area contributed by atoms with Crippen molar-refractivity contribution in [2.24, 2.45) is 0 Å². The predicted molar refractivity (Wildman–Crippen MR) is 54.0 cm³/mol. The van der Waals surface area contributed by atoms with Gasteiger partial charge in [0.2, 0.25) is 0 Å². The zero-order valence-corrected chi connectivity index (χ0v) is 9.96. The molecule has 0 saturated carbocycles. The Labute approximate surface area is 98.6 Å². The summed E-state index contributed by atoms with van der Waals surface area (Å²) in [5, 5.41) is 9.59. The lowest BCUT2D eigenvalue weighted by Gasteiger charge is -2.39. The number of methoxy groups -OCH3 is 2. The van der Waals surface area contributed by atoms with Gasteiger partial charge in [0.1, 0.15) is 24.9 Å². The van der Waals surface area contributed by atoms with E-state index in [2.05, 4.69) is 4.74 Å². The SMILES string of the molecule is CO[C@@H]1[C@@H](OC)[C@H](F)[C@@H](COC(C)=O)O[C@@H]1O. The minimum absolute atomic E-state index is 0.274. The van der Waals surface area contributed by atoms with Crippen LogP contribution < -0.4 is 0 Å². The Kier molecular flexibility index (Phi) is 5.26. The number of carbonyl (C=O) groups excluding carboxylic acids is 1. The molecule has 1 fully saturated rings. The molecule has 7 heteroatoms. The van der Waals surface area contributed by atoms with Gasteiger partial charge in [-0.25, -0.2) is 4.39 Å². The molecule has 0 bridgehead atoms. The molecule has 1 N–H and O–H groups in total. The van der Waals surface area contributed by atoms with Crippen LogP contribution in [0, 0.1) is 0 Å². The van der Waals surface area contributed by atoms with Crippen LogP contribution in [0.3, 0.4) is 0 Å². The fraction of sp³-hybridized carbons (Fsp3) is 0.900. The fourth-order valence-electron chi connectivity index (χ4n) is 1.73. The van der Waals surface area contributed by atoms with Crippen molar-refractivity contribution in [2.45, 2.75) is 37.7 Å². The van der Waals surface area contributed by atoms with E-state index in [1.54, 1.807) is 0 Å². The van der Waals surface area contributed by atoms with Crippen LogP contribution in [0.25, 0.3) is 0 Å². The van der Waals surface area contributed by atoms with Gasteiger partial charge in [0.25, 0.3) is 0 Å². The Hall–Kier alpha value is -0.760. The molecule has 0 amide bonds. The van der Waals surface area contributed by atoms with E-state index >= 15 is 0 Å². The predicted octanol–water partition coefficient (Wildman–Crippen LogP) is -0.365. The van der Waals surface area contributed by atoms with Crippen LogP contribution in [-0.2, 0) is 23.7 Å². The Balaban J connectivity index is 2.66. The zero-order valence-electron chi connectivity index (χ0n) is 9.96. The number of hydrogen-bond acceptors (Lipinski definition) is 6. The number of aliphatic hydroxyl groups is 1. The topological polar surface area (TPSA) is 74.2 Å². The molecule has 1 aliphatic heterocycles. The average molecular weight is 252 g/mol. The highest BCUT2D eigenvalue weighted by molar-refractivity contribution is 5.65. The van der Waals surface area contributed by atoms with Crippen molar-refractivity contribution in [3.8, 4) is 0 Å². The lowest BCUT2D eigenvalue weighted by molar-refractivity contribution is -0.285. The molecule has 100 valence electrons. The monoisotopic (exact) mass is 252 g/mol. The Bertz CT molecular complexity index is 261.